The van der Waals surface area contributed by atoms with Gasteiger partial charge in [0.25, 0.3) is 0 Å². The van der Waals surface area contributed by atoms with E-state index in [-0.39, 0.29) is 6.09 Å². The monoisotopic (exact) mass is 400 g/mol. The summed E-state index contributed by atoms with van der Waals surface area (Å²) in [6, 6.07) is 0. The van der Waals surface area contributed by atoms with E-state index >= 15 is 0 Å². The highest BCUT2D eigenvalue weighted by molar-refractivity contribution is 5.67. The van der Waals surface area contributed by atoms with Crippen molar-refractivity contribution in [1.29, 1.82) is 0 Å². The SMILES string of the molecule is CCCCCCCCCCCCCCNCCOCCNC(=O)OC(C)(C)C. The lowest BCUT2D eigenvalue weighted by Gasteiger charge is -2.19. The van der Waals surface area contributed by atoms with Gasteiger partial charge in [-0.1, -0.05) is 77.6 Å². The quantitative estimate of drug-likeness (QED) is 0.268. The van der Waals surface area contributed by atoms with E-state index in [1.165, 1.54) is 77.0 Å². The Morgan fingerprint density at radius 2 is 1.21 bits per heavy atom. The maximum atomic E-state index is 11.4. The summed E-state index contributed by atoms with van der Waals surface area (Å²) in [4.78, 5) is 11.4. The van der Waals surface area contributed by atoms with E-state index in [4.69, 9.17) is 9.47 Å². The van der Waals surface area contributed by atoms with Crippen LogP contribution in [-0.2, 0) is 9.47 Å². The summed E-state index contributed by atoms with van der Waals surface area (Å²) < 4.78 is 10.7. The van der Waals surface area contributed by atoms with Gasteiger partial charge in [0.2, 0.25) is 0 Å². The molecular formula is C23H48N2O3. The molecule has 5 nitrogen and oxygen atoms in total. The van der Waals surface area contributed by atoms with E-state index in [2.05, 4.69) is 17.6 Å². The molecule has 1 amide bonds. The van der Waals surface area contributed by atoms with Gasteiger partial charge in [-0.2, -0.15) is 0 Å². The molecule has 0 aromatic heterocycles. The molecule has 0 unspecified atom stereocenters. The Labute approximate surface area is 174 Å². The van der Waals surface area contributed by atoms with E-state index in [0.717, 1.165) is 13.1 Å². The van der Waals surface area contributed by atoms with Gasteiger partial charge in [0.05, 0.1) is 13.2 Å². The van der Waals surface area contributed by atoms with Crippen LogP contribution in [0, 0.1) is 0 Å². The molecule has 0 atom stereocenters. The van der Waals surface area contributed by atoms with E-state index in [1.807, 2.05) is 20.8 Å². The minimum absolute atomic E-state index is 0.388. The molecule has 0 aliphatic rings. The first-order valence-corrected chi connectivity index (χ1v) is 11.7. The molecule has 0 aliphatic carbocycles. The normalized spacial score (nSPS) is 11.6. The Morgan fingerprint density at radius 1 is 0.714 bits per heavy atom. The van der Waals surface area contributed by atoms with Crippen molar-refractivity contribution in [3.05, 3.63) is 0 Å². The van der Waals surface area contributed by atoms with Crippen LogP contribution in [0.4, 0.5) is 4.79 Å². The molecule has 168 valence electrons. The third kappa shape index (κ3) is 23.2. The molecule has 0 rings (SSSR count). The molecule has 0 bridgehead atoms. The van der Waals surface area contributed by atoms with E-state index in [1.54, 1.807) is 0 Å². The van der Waals surface area contributed by atoms with Gasteiger partial charge in [-0.15, -0.1) is 0 Å². The van der Waals surface area contributed by atoms with Crippen LogP contribution in [0.3, 0.4) is 0 Å². The van der Waals surface area contributed by atoms with Crippen molar-refractivity contribution >= 4 is 6.09 Å². The van der Waals surface area contributed by atoms with Gasteiger partial charge < -0.3 is 20.1 Å². The summed E-state index contributed by atoms with van der Waals surface area (Å²) in [5, 5.41) is 6.10. The van der Waals surface area contributed by atoms with Gasteiger partial charge in [0.15, 0.2) is 0 Å². The van der Waals surface area contributed by atoms with Crippen molar-refractivity contribution in [2.75, 3.05) is 32.8 Å². The number of rotatable bonds is 19. The Balaban J connectivity index is 3.11. The zero-order valence-corrected chi connectivity index (χ0v) is 19.2. The van der Waals surface area contributed by atoms with Gasteiger partial charge in [0.1, 0.15) is 5.60 Å². The number of nitrogens with one attached hydrogen (secondary N) is 2. The lowest BCUT2D eigenvalue weighted by atomic mass is 10.1. The molecule has 0 saturated carbocycles. The van der Waals surface area contributed by atoms with E-state index in [9.17, 15) is 4.79 Å². The fourth-order valence-electron chi connectivity index (χ4n) is 3.00. The minimum atomic E-state index is -0.456. The molecule has 0 radical (unpaired) electrons. The fourth-order valence-corrected chi connectivity index (χ4v) is 3.00. The fraction of sp³-hybridized carbons (Fsp3) is 0.957. The number of ether oxygens (including phenoxy) is 2. The number of hydrogen-bond acceptors (Lipinski definition) is 4. The van der Waals surface area contributed by atoms with Crippen molar-refractivity contribution in [3.63, 3.8) is 0 Å². The van der Waals surface area contributed by atoms with Crippen LogP contribution in [0.2, 0.25) is 0 Å². The third-order valence-electron chi connectivity index (χ3n) is 4.54. The highest BCUT2D eigenvalue weighted by Gasteiger charge is 2.15. The highest BCUT2D eigenvalue weighted by Crippen LogP contribution is 2.11. The van der Waals surface area contributed by atoms with Crippen molar-refractivity contribution in [1.82, 2.24) is 10.6 Å². The standard InChI is InChI=1S/C23H48N2O3/c1-5-6-7-8-9-10-11-12-13-14-15-16-17-24-18-20-27-21-19-25-22(26)28-23(2,3)4/h24H,5-21H2,1-4H3,(H,25,26). The molecule has 0 fully saturated rings. The smallest absolute Gasteiger partial charge is 0.407 e. The molecule has 5 heteroatoms. The molecule has 0 spiro atoms. The Hall–Kier alpha value is -0.810. The number of amides is 1. The van der Waals surface area contributed by atoms with Crippen LogP contribution in [0.15, 0.2) is 0 Å². The van der Waals surface area contributed by atoms with Gasteiger partial charge in [0, 0.05) is 13.1 Å². The van der Waals surface area contributed by atoms with Crippen LogP contribution >= 0.6 is 0 Å². The summed E-state index contributed by atoms with van der Waals surface area (Å²) in [6.45, 7) is 11.4. The number of hydrogen-bond donors (Lipinski definition) is 2. The van der Waals surface area contributed by atoms with Gasteiger partial charge >= 0.3 is 6.09 Å². The summed E-state index contributed by atoms with van der Waals surface area (Å²) >= 11 is 0. The molecule has 2 N–H and O–H groups in total. The second kappa shape index (κ2) is 19.5. The molecule has 28 heavy (non-hydrogen) atoms. The van der Waals surface area contributed by atoms with Gasteiger partial charge in [-0.3, -0.25) is 0 Å². The maximum absolute atomic E-state index is 11.4. The summed E-state index contributed by atoms with van der Waals surface area (Å²) in [5.74, 6) is 0. The zero-order valence-electron chi connectivity index (χ0n) is 19.2. The van der Waals surface area contributed by atoms with Gasteiger partial charge in [-0.05, 0) is 33.7 Å². The largest absolute Gasteiger partial charge is 0.444 e. The zero-order chi connectivity index (χ0) is 20.9. The predicted octanol–water partition coefficient (Wildman–Crippen LogP) is 5.82. The number of alkyl carbamates (subject to hydrolysis) is 1. The Morgan fingerprint density at radius 3 is 1.75 bits per heavy atom. The molecule has 0 heterocycles. The first kappa shape index (κ1) is 27.2. The van der Waals surface area contributed by atoms with Crippen LogP contribution in [0.5, 0.6) is 0 Å². The Kier molecular flexibility index (Phi) is 18.9. The first-order chi connectivity index (χ1) is 13.5. The molecule has 0 saturated heterocycles. The van der Waals surface area contributed by atoms with Crippen molar-refractivity contribution < 1.29 is 14.3 Å². The van der Waals surface area contributed by atoms with E-state index < -0.39 is 5.60 Å². The van der Waals surface area contributed by atoms with Crippen molar-refractivity contribution in [2.24, 2.45) is 0 Å². The Bertz CT molecular complexity index is 343. The highest BCUT2D eigenvalue weighted by atomic mass is 16.6. The third-order valence-corrected chi connectivity index (χ3v) is 4.54. The molecule has 0 aromatic rings. The van der Waals surface area contributed by atoms with Gasteiger partial charge in [-0.25, -0.2) is 4.79 Å². The van der Waals surface area contributed by atoms with Crippen LogP contribution in [-0.4, -0.2) is 44.5 Å². The predicted molar refractivity (Wildman–Crippen MR) is 119 cm³/mol. The van der Waals surface area contributed by atoms with Crippen LogP contribution in [0.25, 0.3) is 0 Å². The van der Waals surface area contributed by atoms with Crippen molar-refractivity contribution in [2.45, 2.75) is 110 Å². The molecular weight excluding hydrogens is 352 g/mol. The van der Waals surface area contributed by atoms with Crippen molar-refractivity contribution in [3.8, 4) is 0 Å². The lowest BCUT2D eigenvalue weighted by molar-refractivity contribution is 0.0500. The average Bonchev–Trinajstić information content (AvgIpc) is 2.62. The maximum Gasteiger partial charge on any atom is 0.407 e. The minimum Gasteiger partial charge on any atom is -0.444 e. The summed E-state index contributed by atoms with van der Waals surface area (Å²) in [5.41, 5.74) is -0.456. The molecule has 0 aromatic carbocycles. The summed E-state index contributed by atoms with van der Waals surface area (Å²) in [7, 11) is 0. The number of carbonyl (C=O) groups excluding carboxylic acids is 1. The number of unbranched alkanes of at least 4 members (excludes halogenated alkanes) is 11. The van der Waals surface area contributed by atoms with Crippen LogP contribution in [0.1, 0.15) is 105 Å². The lowest BCUT2D eigenvalue weighted by Crippen LogP contribution is -2.34. The number of carbonyl (C=O) groups is 1. The second-order valence-corrected chi connectivity index (χ2v) is 8.68. The topological polar surface area (TPSA) is 59.6 Å². The molecule has 0 aliphatic heterocycles. The van der Waals surface area contributed by atoms with Crippen LogP contribution < -0.4 is 10.6 Å². The summed E-state index contributed by atoms with van der Waals surface area (Å²) in [6.07, 6.45) is 16.2. The second-order valence-electron chi connectivity index (χ2n) is 8.68. The van der Waals surface area contributed by atoms with E-state index in [0.29, 0.717) is 19.8 Å². The first-order valence-electron chi connectivity index (χ1n) is 11.7. The average molecular weight is 401 g/mol.